The maximum absolute atomic E-state index is 12.5. The molecule has 1 aliphatic heterocycles. The van der Waals surface area contributed by atoms with E-state index in [1.165, 1.54) is 27.9 Å². The zero-order chi connectivity index (χ0) is 20.6. The van der Waals surface area contributed by atoms with Gasteiger partial charge in [-0.2, -0.15) is 18.3 Å². The van der Waals surface area contributed by atoms with Crippen molar-refractivity contribution < 1.29 is 13.2 Å². The first kappa shape index (κ1) is 19.4. The molecule has 4 heterocycles. The molecule has 3 aromatic heterocycles. The number of pyridine rings is 1. The third kappa shape index (κ3) is 4.40. The van der Waals surface area contributed by atoms with Crippen molar-refractivity contribution in [2.24, 2.45) is 0 Å². The Balaban J connectivity index is 1.51. The Morgan fingerprint density at radius 3 is 2.45 bits per heavy atom. The van der Waals surface area contributed by atoms with Crippen LogP contribution in [0.1, 0.15) is 5.56 Å². The van der Waals surface area contributed by atoms with Crippen molar-refractivity contribution >= 4 is 5.52 Å². The van der Waals surface area contributed by atoms with Gasteiger partial charge in [0.2, 0.25) is 0 Å². The summed E-state index contributed by atoms with van der Waals surface area (Å²) in [6.07, 6.45) is 0.523. The summed E-state index contributed by atoms with van der Waals surface area (Å²) in [5, 5.41) is 4.23. The van der Waals surface area contributed by atoms with Crippen molar-refractivity contribution in [3.05, 3.63) is 63.2 Å². The first-order valence-corrected chi connectivity index (χ1v) is 9.09. The Kier molecular flexibility index (Phi) is 5.01. The second kappa shape index (κ2) is 7.48. The molecule has 0 aliphatic carbocycles. The van der Waals surface area contributed by atoms with Gasteiger partial charge in [-0.05, 0) is 17.7 Å². The standard InChI is InChI=1S/C18H19F3N6O2/c19-18(20,21)12-25-7-5-24(6-8-25)11-13-1-4-27-14(9-13)15(10-22-27)26-3-2-16(28)23-17(26)29/h1-4,9-10H,5-8,11-12H2,(H,23,28,29). The molecule has 1 N–H and O–H groups in total. The number of H-pyrrole nitrogens is 1. The van der Waals surface area contributed by atoms with Gasteiger partial charge in [-0.1, -0.05) is 0 Å². The van der Waals surface area contributed by atoms with Crippen molar-refractivity contribution in [1.82, 2.24) is 29.0 Å². The van der Waals surface area contributed by atoms with Crippen LogP contribution in [-0.4, -0.2) is 67.9 Å². The van der Waals surface area contributed by atoms with E-state index in [2.05, 4.69) is 15.0 Å². The predicted molar refractivity (Wildman–Crippen MR) is 99.2 cm³/mol. The van der Waals surface area contributed by atoms with Crippen molar-refractivity contribution in [1.29, 1.82) is 0 Å². The zero-order valence-corrected chi connectivity index (χ0v) is 15.4. The SMILES string of the molecule is O=c1ccn(-c2cnn3ccc(CN4CCN(CC(F)(F)F)CC4)cc23)c(=O)[nH]1. The van der Waals surface area contributed by atoms with Crippen LogP contribution in [0.25, 0.3) is 11.2 Å². The molecule has 1 aliphatic rings. The molecule has 0 saturated carbocycles. The highest BCUT2D eigenvalue weighted by Gasteiger charge is 2.32. The maximum Gasteiger partial charge on any atom is 0.401 e. The molecule has 0 spiro atoms. The van der Waals surface area contributed by atoms with Gasteiger partial charge in [0.1, 0.15) is 0 Å². The molecule has 0 aromatic carbocycles. The van der Waals surface area contributed by atoms with Gasteiger partial charge in [-0.15, -0.1) is 0 Å². The molecule has 11 heteroatoms. The summed E-state index contributed by atoms with van der Waals surface area (Å²) in [6, 6.07) is 5.04. The van der Waals surface area contributed by atoms with Crippen LogP contribution in [0.4, 0.5) is 13.2 Å². The molecule has 154 valence electrons. The number of piperazine rings is 1. The summed E-state index contributed by atoms with van der Waals surface area (Å²) in [5.41, 5.74) is 1.14. The van der Waals surface area contributed by atoms with Crippen LogP contribution >= 0.6 is 0 Å². The lowest BCUT2D eigenvalue weighted by molar-refractivity contribution is -0.149. The highest BCUT2D eigenvalue weighted by Crippen LogP contribution is 2.19. The summed E-state index contributed by atoms with van der Waals surface area (Å²) in [6.45, 7) is 1.54. The third-order valence-electron chi connectivity index (χ3n) is 4.92. The van der Waals surface area contributed by atoms with Gasteiger partial charge in [0.15, 0.2) is 0 Å². The van der Waals surface area contributed by atoms with Crippen molar-refractivity contribution in [3.8, 4) is 5.69 Å². The molecule has 0 unspecified atom stereocenters. The lowest BCUT2D eigenvalue weighted by atomic mass is 10.2. The number of nitrogens with zero attached hydrogens (tertiary/aromatic N) is 5. The van der Waals surface area contributed by atoms with E-state index in [1.807, 2.05) is 12.1 Å². The third-order valence-corrected chi connectivity index (χ3v) is 4.92. The molecular weight excluding hydrogens is 389 g/mol. The zero-order valence-electron chi connectivity index (χ0n) is 15.4. The average Bonchev–Trinajstić information content (AvgIpc) is 3.05. The van der Waals surface area contributed by atoms with Crippen LogP contribution in [0.2, 0.25) is 0 Å². The molecule has 0 radical (unpaired) electrons. The van der Waals surface area contributed by atoms with E-state index in [9.17, 15) is 22.8 Å². The fourth-order valence-corrected chi connectivity index (χ4v) is 3.52. The van der Waals surface area contributed by atoms with E-state index in [1.54, 1.807) is 10.7 Å². The van der Waals surface area contributed by atoms with Gasteiger partial charge in [-0.25, -0.2) is 9.31 Å². The van der Waals surface area contributed by atoms with E-state index in [0.29, 0.717) is 43.9 Å². The van der Waals surface area contributed by atoms with E-state index in [0.717, 1.165) is 5.56 Å². The Morgan fingerprint density at radius 1 is 1.03 bits per heavy atom. The summed E-state index contributed by atoms with van der Waals surface area (Å²) >= 11 is 0. The first-order valence-electron chi connectivity index (χ1n) is 9.09. The second-order valence-electron chi connectivity index (χ2n) is 7.04. The van der Waals surface area contributed by atoms with Gasteiger partial charge in [0.25, 0.3) is 5.56 Å². The molecular formula is C18H19F3N6O2. The Bertz CT molecular complexity index is 1120. The predicted octanol–water partition coefficient (Wildman–Crippen LogP) is 0.853. The fourth-order valence-electron chi connectivity index (χ4n) is 3.52. The molecule has 0 atom stereocenters. The molecule has 29 heavy (non-hydrogen) atoms. The van der Waals surface area contributed by atoms with Crippen LogP contribution in [0, 0.1) is 0 Å². The minimum Gasteiger partial charge on any atom is -0.297 e. The second-order valence-corrected chi connectivity index (χ2v) is 7.04. The van der Waals surface area contributed by atoms with Crippen molar-refractivity contribution in [2.75, 3.05) is 32.7 Å². The number of alkyl halides is 3. The fraction of sp³-hybridized carbons (Fsp3) is 0.389. The number of fused-ring (bicyclic) bond motifs is 1. The monoisotopic (exact) mass is 408 g/mol. The van der Waals surface area contributed by atoms with Gasteiger partial charge in [0.05, 0.1) is 23.9 Å². The number of hydrogen-bond donors (Lipinski definition) is 1. The van der Waals surface area contributed by atoms with E-state index < -0.39 is 24.0 Å². The largest absolute Gasteiger partial charge is 0.401 e. The maximum atomic E-state index is 12.5. The van der Waals surface area contributed by atoms with Crippen molar-refractivity contribution in [3.63, 3.8) is 0 Å². The first-order chi connectivity index (χ1) is 13.8. The molecule has 0 amide bonds. The quantitative estimate of drug-likeness (QED) is 0.693. The minimum absolute atomic E-state index is 0.368. The molecule has 0 bridgehead atoms. The van der Waals surface area contributed by atoms with Crippen LogP contribution in [-0.2, 0) is 6.54 Å². The number of aromatic amines is 1. The van der Waals surface area contributed by atoms with Crippen LogP contribution in [0.5, 0.6) is 0 Å². The van der Waals surface area contributed by atoms with Crippen LogP contribution < -0.4 is 11.2 Å². The van der Waals surface area contributed by atoms with Crippen LogP contribution in [0.15, 0.2) is 46.4 Å². The summed E-state index contributed by atoms with van der Waals surface area (Å²) in [7, 11) is 0. The number of aromatic nitrogens is 4. The number of rotatable bonds is 4. The highest BCUT2D eigenvalue weighted by atomic mass is 19.4. The molecule has 4 rings (SSSR count). The average molecular weight is 408 g/mol. The Labute approximate surface area is 162 Å². The molecule has 1 fully saturated rings. The minimum atomic E-state index is -4.18. The lowest BCUT2D eigenvalue weighted by Gasteiger charge is -2.35. The Morgan fingerprint density at radius 2 is 1.76 bits per heavy atom. The van der Waals surface area contributed by atoms with Gasteiger partial charge < -0.3 is 0 Å². The summed E-state index contributed by atoms with van der Waals surface area (Å²) in [4.78, 5) is 29.1. The smallest absolute Gasteiger partial charge is 0.297 e. The molecule has 1 saturated heterocycles. The number of nitrogens with one attached hydrogen (secondary N) is 1. The molecule has 8 nitrogen and oxygen atoms in total. The number of halogens is 3. The summed E-state index contributed by atoms with van der Waals surface area (Å²) < 4.78 is 40.5. The Hall–Kier alpha value is -2.92. The van der Waals surface area contributed by atoms with E-state index >= 15 is 0 Å². The highest BCUT2D eigenvalue weighted by molar-refractivity contribution is 5.64. The van der Waals surface area contributed by atoms with Crippen molar-refractivity contribution in [2.45, 2.75) is 12.7 Å². The van der Waals surface area contributed by atoms with E-state index in [-0.39, 0.29) is 0 Å². The summed E-state index contributed by atoms with van der Waals surface area (Å²) in [5.74, 6) is 0. The normalized spacial score (nSPS) is 16.5. The van der Waals surface area contributed by atoms with Gasteiger partial charge in [-0.3, -0.25) is 24.1 Å². The van der Waals surface area contributed by atoms with Gasteiger partial charge >= 0.3 is 11.9 Å². The number of hydrogen-bond acceptors (Lipinski definition) is 5. The van der Waals surface area contributed by atoms with E-state index in [4.69, 9.17) is 0 Å². The lowest BCUT2D eigenvalue weighted by Crippen LogP contribution is -2.48. The van der Waals surface area contributed by atoms with Crippen LogP contribution in [0.3, 0.4) is 0 Å². The molecule has 3 aromatic rings. The topological polar surface area (TPSA) is 78.6 Å². The van der Waals surface area contributed by atoms with Gasteiger partial charge in [0, 0.05) is 51.2 Å².